The predicted molar refractivity (Wildman–Crippen MR) is 60.2 cm³/mol. The Morgan fingerprint density at radius 2 is 2.14 bits per heavy atom. The predicted octanol–water partition coefficient (Wildman–Crippen LogP) is 1.27. The standard InChI is InChI=1S/C11H22N2O/c1-5-6-11(14)12-9-10(2)7-8-13(3)4/h5-6,10H,7-9H2,1-4H3,(H,12,14). The quantitative estimate of drug-likeness (QED) is 0.652. The van der Waals surface area contributed by atoms with Gasteiger partial charge in [0.1, 0.15) is 0 Å². The van der Waals surface area contributed by atoms with E-state index in [1.807, 2.05) is 6.92 Å². The first kappa shape index (κ1) is 13.2. The molecule has 0 aliphatic carbocycles. The summed E-state index contributed by atoms with van der Waals surface area (Å²) in [7, 11) is 4.12. The second kappa shape index (κ2) is 7.56. The molecule has 0 rings (SSSR count). The maximum Gasteiger partial charge on any atom is 0.243 e. The maximum atomic E-state index is 11.1. The van der Waals surface area contributed by atoms with E-state index in [1.165, 1.54) is 0 Å². The molecule has 0 aromatic heterocycles. The summed E-state index contributed by atoms with van der Waals surface area (Å²) in [5, 5.41) is 2.86. The largest absolute Gasteiger partial charge is 0.352 e. The molecule has 1 amide bonds. The van der Waals surface area contributed by atoms with E-state index in [2.05, 4.69) is 31.2 Å². The Morgan fingerprint density at radius 1 is 1.50 bits per heavy atom. The molecule has 14 heavy (non-hydrogen) atoms. The minimum Gasteiger partial charge on any atom is -0.352 e. The molecule has 0 aliphatic rings. The molecular formula is C11H22N2O. The van der Waals surface area contributed by atoms with Crippen LogP contribution in [0.2, 0.25) is 0 Å². The molecule has 1 unspecified atom stereocenters. The van der Waals surface area contributed by atoms with Crippen molar-refractivity contribution in [3.63, 3.8) is 0 Å². The summed E-state index contributed by atoms with van der Waals surface area (Å²) in [4.78, 5) is 13.2. The van der Waals surface area contributed by atoms with Gasteiger partial charge in [-0.1, -0.05) is 13.0 Å². The topological polar surface area (TPSA) is 32.3 Å². The number of amides is 1. The number of carbonyl (C=O) groups is 1. The molecule has 0 aromatic carbocycles. The van der Waals surface area contributed by atoms with Crippen molar-refractivity contribution >= 4 is 5.91 Å². The summed E-state index contributed by atoms with van der Waals surface area (Å²) in [6.45, 7) is 5.83. The third-order valence-corrected chi connectivity index (χ3v) is 2.01. The molecule has 0 aromatic rings. The molecule has 0 saturated heterocycles. The molecule has 0 saturated carbocycles. The Hall–Kier alpha value is -0.830. The van der Waals surface area contributed by atoms with Gasteiger partial charge in [-0.05, 0) is 46.0 Å². The van der Waals surface area contributed by atoms with Gasteiger partial charge >= 0.3 is 0 Å². The number of hydrogen-bond acceptors (Lipinski definition) is 2. The maximum absolute atomic E-state index is 11.1. The molecule has 0 fully saturated rings. The third-order valence-electron chi connectivity index (χ3n) is 2.01. The van der Waals surface area contributed by atoms with Gasteiger partial charge in [0.25, 0.3) is 0 Å². The van der Waals surface area contributed by atoms with Gasteiger partial charge in [-0.25, -0.2) is 0 Å². The third kappa shape index (κ3) is 7.80. The summed E-state index contributed by atoms with van der Waals surface area (Å²) in [5.41, 5.74) is 0. The lowest BCUT2D eigenvalue weighted by Crippen LogP contribution is -2.28. The Balaban J connectivity index is 3.53. The molecule has 1 atom stereocenters. The van der Waals surface area contributed by atoms with Gasteiger partial charge in [-0.15, -0.1) is 0 Å². The summed E-state index contributed by atoms with van der Waals surface area (Å²) < 4.78 is 0. The molecule has 0 radical (unpaired) electrons. The second-order valence-corrected chi connectivity index (χ2v) is 3.94. The highest BCUT2D eigenvalue weighted by atomic mass is 16.1. The lowest BCUT2D eigenvalue weighted by atomic mass is 10.1. The highest BCUT2D eigenvalue weighted by molar-refractivity contribution is 5.87. The van der Waals surface area contributed by atoms with Gasteiger partial charge in [0.15, 0.2) is 0 Å². The highest BCUT2D eigenvalue weighted by Crippen LogP contribution is 2.00. The monoisotopic (exact) mass is 198 g/mol. The molecule has 0 bridgehead atoms. The number of nitrogens with zero attached hydrogens (tertiary/aromatic N) is 1. The van der Waals surface area contributed by atoms with Crippen LogP contribution in [0.15, 0.2) is 12.2 Å². The fraction of sp³-hybridized carbons (Fsp3) is 0.727. The highest BCUT2D eigenvalue weighted by Gasteiger charge is 2.03. The van der Waals surface area contributed by atoms with Crippen molar-refractivity contribution in [3.8, 4) is 0 Å². The zero-order valence-electron chi connectivity index (χ0n) is 9.71. The first-order valence-electron chi connectivity index (χ1n) is 5.11. The molecule has 1 N–H and O–H groups in total. The minimum absolute atomic E-state index is 0.00389. The number of allylic oxidation sites excluding steroid dienone is 1. The molecular weight excluding hydrogens is 176 g/mol. The Kier molecular flexibility index (Phi) is 7.11. The zero-order chi connectivity index (χ0) is 11.0. The van der Waals surface area contributed by atoms with E-state index in [-0.39, 0.29) is 5.91 Å². The van der Waals surface area contributed by atoms with Gasteiger partial charge in [0, 0.05) is 6.54 Å². The first-order valence-corrected chi connectivity index (χ1v) is 5.11. The van der Waals surface area contributed by atoms with Crippen LogP contribution in [0.1, 0.15) is 20.3 Å². The van der Waals surface area contributed by atoms with Crippen molar-refractivity contribution in [2.24, 2.45) is 5.92 Å². The smallest absolute Gasteiger partial charge is 0.243 e. The van der Waals surface area contributed by atoms with Crippen LogP contribution >= 0.6 is 0 Å². The van der Waals surface area contributed by atoms with E-state index in [0.717, 1.165) is 19.5 Å². The summed E-state index contributed by atoms with van der Waals surface area (Å²) in [6.07, 6.45) is 4.42. The van der Waals surface area contributed by atoms with Crippen LogP contribution in [0.5, 0.6) is 0 Å². The molecule has 3 nitrogen and oxygen atoms in total. The molecule has 0 heterocycles. The zero-order valence-corrected chi connectivity index (χ0v) is 9.71. The average molecular weight is 198 g/mol. The van der Waals surface area contributed by atoms with Crippen LogP contribution in [0, 0.1) is 5.92 Å². The van der Waals surface area contributed by atoms with Gasteiger partial charge in [0.05, 0.1) is 0 Å². The van der Waals surface area contributed by atoms with E-state index in [1.54, 1.807) is 12.2 Å². The van der Waals surface area contributed by atoms with E-state index in [9.17, 15) is 4.79 Å². The van der Waals surface area contributed by atoms with E-state index in [4.69, 9.17) is 0 Å². The van der Waals surface area contributed by atoms with Crippen LogP contribution in [0.25, 0.3) is 0 Å². The first-order chi connectivity index (χ1) is 6.56. The van der Waals surface area contributed by atoms with Crippen molar-refractivity contribution in [1.82, 2.24) is 10.2 Å². The van der Waals surface area contributed by atoms with Crippen LogP contribution in [-0.4, -0.2) is 38.0 Å². The van der Waals surface area contributed by atoms with E-state index in [0.29, 0.717) is 5.92 Å². The van der Waals surface area contributed by atoms with Gasteiger partial charge in [-0.3, -0.25) is 4.79 Å². The van der Waals surface area contributed by atoms with E-state index < -0.39 is 0 Å². The van der Waals surface area contributed by atoms with Crippen molar-refractivity contribution in [2.75, 3.05) is 27.2 Å². The lowest BCUT2D eigenvalue weighted by Gasteiger charge is -2.15. The molecule has 3 heteroatoms. The van der Waals surface area contributed by atoms with Gasteiger partial charge < -0.3 is 10.2 Å². The number of rotatable bonds is 6. The van der Waals surface area contributed by atoms with Crippen LogP contribution < -0.4 is 5.32 Å². The van der Waals surface area contributed by atoms with Gasteiger partial charge in [-0.2, -0.15) is 0 Å². The van der Waals surface area contributed by atoms with Crippen LogP contribution in [0.4, 0.5) is 0 Å². The number of hydrogen-bond donors (Lipinski definition) is 1. The Labute approximate surface area is 87.2 Å². The van der Waals surface area contributed by atoms with Crippen molar-refractivity contribution < 1.29 is 4.79 Å². The SMILES string of the molecule is CC=CC(=O)NCC(C)CCN(C)C. The minimum atomic E-state index is 0.00389. The summed E-state index contributed by atoms with van der Waals surface area (Å²) in [5.74, 6) is 0.538. The molecule has 0 aliphatic heterocycles. The number of carbonyl (C=O) groups excluding carboxylic acids is 1. The molecule has 0 spiro atoms. The summed E-state index contributed by atoms with van der Waals surface area (Å²) in [6, 6.07) is 0. The van der Waals surface area contributed by atoms with Crippen molar-refractivity contribution in [3.05, 3.63) is 12.2 Å². The average Bonchev–Trinajstić information content (AvgIpc) is 2.12. The second-order valence-electron chi connectivity index (χ2n) is 3.94. The fourth-order valence-corrected chi connectivity index (χ4v) is 1.07. The van der Waals surface area contributed by atoms with Crippen molar-refractivity contribution in [2.45, 2.75) is 20.3 Å². The Morgan fingerprint density at radius 3 is 2.64 bits per heavy atom. The van der Waals surface area contributed by atoms with Crippen molar-refractivity contribution in [1.29, 1.82) is 0 Å². The molecule has 82 valence electrons. The van der Waals surface area contributed by atoms with E-state index >= 15 is 0 Å². The summed E-state index contributed by atoms with van der Waals surface area (Å²) >= 11 is 0. The van der Waals surface area contributed by atoms with Crippen LogP contribution in [0.3, 0.4) is 0 Å². The van der Waals surface area contributed by atoms with Crippen LogP contribution in [-0.2, 0) is 4.79 Å². The van der Waals surface area contributed by atoms with Gasteiger partial charge in [0.2, 0.25) is 5.91 Å². The Bertz CT molecular complexity index is 188. The lowest BCUT2D eigenvalue weighted by molar-refractivity contribution is -0.116. The normalized spacial score (nSPS) is 13.5. The fourth-order valence-electron chi connectivity index (χ4n) is 1.07. The number of nitrogens with one attached hydrogen (secondary N) is 1.